The molecule has 0 atom stereocenters. The molecule has 15 nitrogen and oxygen atoms in total. The number of aliphatic hydroxyl groups excluding tert-OH is 1. The molecule has 0 aliphatic carbocycles. The molecule has 0 spiro atoms. The molecule has 2 aromatic rings. The normalized spacial score (nSPS) is 13.4. The molecule has 0 saturated carbocycles. The molecule has 2 rings (SSSR count). The number of aliphatic hydroxyl groups is 1. The van der Waals surface area contributed by atoms with Crippen molar-refractivity contribution in [2.75, 3.05) is 17.7 Å². The number of rotatable bonds is 10. The predicted molar refractivity (Wildman–Crippen MR) is 122 cm³/mol. The van der Waals surface area contributed by atoms with Gasteiger partial charge in [0.25, 0.3) is 16.0 Å². The highest BCUT2D eigenvalue weighted by molar-refractivity contribution is 7.91. The lowest BCUT2D eigenvalue weighted by Gasteiger charge is -2.08. The van der Waals surface area contributed by atoms with Gasteiger partial charge in [0, 0.05) is 11.8 Å². The van der Waals surface area contributed by atoms with Gasteiger partial charge in [0.15, 0.2) is 15.5 Å². The number of carbonyl (C=O) groups excluding carboxylic acids is 1. The number of nitrogens with one attached hydrogen (secondary N) is 1. The van der Waals surface area contributed by atoms with Crippen molar-refractivity contribution in [1.82, 2.24) is 0 Å². The zero-order valence-electron chi connectivity index (χ0n) is 18.1. The van der Waals surface area contributed by atoms with Crippen molar-refractivity contribution in [3.05, 3.63) is 53.9 Å². The van der Waals surface area contributed by atoms with Gasteiger partial charge >= 0.3 is 10.4 Å². The Morgan fingerprint density at radius 1 is 0.972 bits per heavy atom. The van der Waals surface area contributed by atoms with Crippen LogP contribution >= 0.6 is 0 Å². The smallest absolute Gasteiger partial charge is 0.397 e. The Hall–Kier alpha value is -3.42. The van der Waals surface area contributed by atoms with Crippen LogP contribution in [0.5, 0.6) is 5.75 Å². The SMILES string of the molecule is CC(O)=C(N=Nc1ccc(S(=O)(=O)O)cc1O)C(=O)Nc1ccc(S(=O)(=O)CCOS(=O)(=O)O)cc1. The summed E-state index contributed by atoms with van der Waals surface area (Å²) in [7, 11) is -13.4. The number of hydrogen-bond acceptors (Lipinski definition) is 12. The molecule has 2 aromatic carbocycles. The van der Waals surface area contributed by atoms with Crippen molar-refractivity contribution in [2.45, 2.75) is 16.7 Å². The maximum atomic E-state index is 12.5. The molecule has 0 aromatic heterocycles. The van der Waals surface area contributed by atoms with Crippen LogP contribution in [-0.4, -0.2) is 62.8 Å². The largest absolute Gasteiger partial charge is 0.510 e. The number of phenols is 1. The summed E-state index contributed by atoms with van der Waals surface area (Å²) in [5.74, 6) is -3.01. The summed E-state index contributed by atoms with van der Waals surface area (Å²) < 4.78 is 89.1. The summed E-state index contributed by atoms with van der Waals surface area (Å²) >= 11 is 0. The van der Waals surface area contributed by atoms with E-state index in [-0.39, 0.29) is 16.3 Å². The first kappa shape index (κ1) is 28.8. The third kappa shape index (κ3) is 8.36. The molecule has 0 bridgehead atoms. The number of benzene rings is 2. The van der Waals surface area contributed by atoms with Crippen LogP contribution in [0.25, 0.3) is 0 Å². The minimum absolute atomic E-state index is 0.0717. The van der Waals surface area contributed by atoms with Crippen LogP contribution in [0, 0.1) is 0 Å². The van der Waals surface area contributed by atoms with Crippen molar-refractivity contribution in [2.24, 2.45) is 10.2 Å². The van der Waals surface area contributed by atoms with Gasteiger partial charge in [-0.3, -0.25) is 13.9 Å². The third-order valence-electron chi connectivity index (χ3n) is 4.12. The highest BCUT2D eigenvalue weighted by Gasteiger charge is 2.18. The van der Waals surface area contributed by atoms with Gasteiger partial charge in [-0.25, -0.2) is 12.6 Å². The minimum atomic E-state index is -4.80. The predicted octanol–water partition coefficient (Wildman–Crippen LogP) is 1.74. The monoisotopic (exact) mass is 565 g/mol. The van der Waals surface area contributed by atoms with Crippen molar-refractivity contribution in [3.8, 4) is 5.75 Å². The van der Waals surface area contributed by atoms with Crippen LogP contribution in [0.1, 0.15) is 6.92 Å². The number of nitrogens with zero attached hydrogens (tertiary/aromatic N) is 2. The van der Waals surface area contributed by atoms with E-state index in [0.29, 0.717) is 6.07 Å². The van der Waals surface area contributed by atoms with Crippen LogP contribution in [0.4, 0.5) is 11.4 Å². The van der Waals surface area contributed by atoms with E-state index in [1.165, 1.54) is 12.1 Å². The quantitative estimate of drug-likeness (QED) is 0.120. The van der Waals surface area contributed by atoms with Gasteiger partial charge in [-0.2, -0.15) is 16.8 Å². The van der Waals surface area contributed by atoms with Gasteiger partial charge in [-0.15, -0.1) is 10.2 Å². The van der Waals surface area contributed by atoms with E-state index in [0.717, 1.165) is 31.2 Å². The fraction of sp³-hybridized carbons (Fsp3) is 0.167. The van der Waals surface area contributed by atoms with Gasteiger partial charge < -0.3 is 15.5 Å². The molecule has 0 unspecified atom stereocenters. The van der Waals surface area contributed by atoms with Crippen LogP contribution in [0.15, 0.2) is 73.9 Å². The lowest BCUT2D eigenvalue weighted by Crippen LogP contribution is -2.16. The Morgan fingerprint density at radius 3 is 2.06 bits per heavy atom. The van der Waals surface area contributed by atoms with E-state index in [1.54, 1.807) is 0 Å². The number of sulfone groups is 1. The number of aromatic hydroxyl groups is 1. The van der Waals surface area contributed by atoms with Gasteiger partial charge in [-0.1, -0.05) is 0 Å². The van der Waals surface area contributed by atoms with Gasteiger partial charge in [0.1, 0.15) is 17.2 Å². The maximum absolute atomic E-state index is 12.5. The number of phenolic OH excluding ortho intramolecular Hbond substituents is 1. The zero-order valence-corrected chi connectivity index (χ0v) is 20.6. The Bertz CT molecular complexity index is 1530. The first-order chi connectivity index (χ1) is 16.5. The van der Waals surface area contributed by atoms with E-state index in [4.69, 9.17) is 9.11 Å². The highest BCUT2D eigenvalue weighted by atomic mass is 32.3. The summed E-state index contributed by atoms with van der Waals surface area (Å²) in [5, 5.41) is 29.1. The minimum Gasteiger partial charge on any atom is -0.510 e. The Kier molecular flexibility index (Phi) is 8.88. The standard InChI is InChI=1S/C18H19N3O12S3/c1-11(22)17(21-20-15-7-6-14(10-16(15)23)35(27,28)29)18(24)19-12-2-4-13(5-3-12)34(25,26)9-8-33-36(30,31)32/h2-7,10,22-23H,8-9H2,1H3,(H,19,24)(H,27,28,29)(H,30,31,32). The van der Waals surface area contributed by atoms with E-state index in [1.807, 2.05) is 0 Å². The van der Waals surface area contributed by atoms with Gasteiger partial charge in [-0.05, 0) is 43.3 Å². The molecule has 0 aliphatic heterocycles. The summed E-state index contributed by atoms with van der Waals surface area (Å²) in [4.78, 5) is 11.6. The van der Waals surface area contributed by atoms with Crippen molar-refractivity contribution in [1.29, 1.82) is 0 Å². The number of amides is 1. The first-order valence-corrected chi connectivity index (χ1v) is 13.8. The molecular weight excluding hydrogens is 546 g/mol. The Morgan fingerprint density at radius 2 is 1.56 bits per heavy atom. The van der Waals surface area contributed by atoms with Gasteiger partial charge in [0.05, 0.1) is 22.2 Å². The van der Waals surface area contributed by atoms with E-state index in [2.05, 4.69) is 19.7 Å². The maximum Gasteiger partial charge on any atom is 0.397 e. The summed E-state index contributed by atoms with van der Waals surface area (Å²) in [6, 6.07) is 7.19. The second-order valence-electron chi connectivity index (χ2n) is 6.81. The number of carbonyl (C=O) groups is 1. The summed E-state index contributed by atoms with van der Waals surface area (Å²) in [5.41, 5.74) is -0.823. The second-order valence-corrected chi connectivity index (χ2v) is 11.4. The molecule has 36 heavy (non-hydrogen) atoms. The topological polar surface area (TPSA) is 246 Å². The molecule has 0 heterocycles. The van der Waals surface area contributed by atoms with E-state index in [9.17, 15) is 40.3 Å². The van der Waals surface area contributed by atoms with Crippen molar-refractivity contribution < 1.29 is 53.5 Å². The van der Waals surface area contributed by atoms with Crippen molar-refractivity contribution in [3.63, 3.8) is 0 Å². The molecule has 0 aliphatic rings. The fourth-order valence-electron chi connectivity index (χ4n) is 2.44. The summed E-state index contributed by atoms with van der Waals surface area (Å²) in [6.07, 6.45) is 0. The van der Waals surface area contributed by atoms with E-state index >= 15 is 0 Å². The fourth-order valence-corrected chi connectivity index (χ4v) is 4.43. The highest BCUT2D eigenvalue weighted by Crippen LogP contribution is 2.30. The number of azo groups is 1. The Labute approximate surface area is 205 Å². The lowest BCUT2D eigenvalue weighted by molar-refractivity contribution is -0.113. The molecule has 196 valence electrons. The van der Waals surface area contributed by atoms with Crippen LogP contribution in [0.2, 0.25) is 0 Å². The van der Waals surface area contributed by atoms with Crippen LogP contribution in [0.3, 0.4) is 0 Å². The van der Waals surface area contributed by atoms with E-state index < -0.39 is 70.7 Å². The molecule has 1 amide bonds. The Balaban J connectivity index is 2.15. The summed E-state index contributed by atoms with van der Waals surface area (Å²) in [6.45, 7) is 0.294. The average molecular weight is 566 g/mol. The lowest BCUT2D eigenvalue weighted by atomic mass is 10.3. The number of anilines is 1. The number of allylic oxidation sites excluding steroid dienone is 1. The third-order valence-corrected chi connectivity index (χ3v) is 7.12. The first-order valence-electron chi connectivity index (χ1n) is 9.38. The van der Waals surface area contributed by atoms with Gasteiger partial charge in [0.2, 0.25) is 0 Å². The molecule has 18 heteroatoms. The molecular formula is C18H19N3O12S3. The molecule has 0 saturated heterocycles. The average Bonchev–Trinajstić information content (AvgIpc) is 2.73. The molecule has 0 radical (unpaired) electrons. The van der Waals surface area contributed by atoms with Crippen LogP contribution in [-0.2, 0) is 39.3 Å². The molecule has 0 fully saturated rings. The number of hydrogen-bond donors (Lipinski definition) is 5. The van der Waals surface area contributed by atoms with Crippen molar-refractivity contribution >= 4 is 47.6 Å². The molecule has 5 N–H and O–H groups in total. The van der Waals surface area contributed by atoms with Crippen LogP contribution < -0.4 is 5.32 Å². The second kappa shape index (κ2) is 11.1. The zero-order chi connectivity index (χ0) is 27.3.